The number of carbonyl (C=O) groups is 1. The van der Waals surface area contributed by atoms with Crippen molar-refractivity contribution in [2.24, 2.45) is 5.92 Å². The van der Waals surface area contributed by atoms with Crippen molar-refractivity contribution < 1.29 is 19.0 Å². The standard InChI is InChI=1S/C10H14O4/c1-2-3-8-7(6-9(11)14-8)10-12-4-5-13-10/h2,7-8,10H,1,3-6H2/t7-,8+/m0/s1. The summed E-state index contributed by atoms with van der Waals surface area (Å²) < 4.78 is 15.9. The maximum atomic E-state index is 11.1. The summed E-state index contributed by atoms with van der Waals surface area (Å²) in [6.45, 7) is 4.85. The van der Waals surface area contributed by atoms with Crippen LogP contribution in [0.25, 0.3) is 0 Å². The molecule has 2 aliphatic heterocycles. The van der Waals surface area contributed by atoms with Crippen molar-refractivity contribution in [3.05, 3.63) is 12.7 Å². The maximum absolute atomic E-state index is 11.1. The predicted molar refractivity (Wildman–Crippen MR) is 48.5 cm³/mol. The van der Waals surface area contributed by atoms with Crippen LogP contribution in [-0.4, -0.2) is 31.6 Å². The molecule has 0 unspecified atom stereocenters. The van der Waals surface area contributed by atoms with Gasteiger partial charge in [0.2, 0.25) is 0 Å². The fourth-order valence-corrected chi connectivity index (χ4v) is 1.91. The molecule has 0 aromatic rings. The van der Waals surface area contributed by atoms with Crippen LogP contribution >= 0.6 is 0 Å². The Morgan fingerprint density at radius 1 is 1.43 bits per heavy atom. The van der Waals surface area contributed by atoms with Gasteiger partial charge in [0, 0.05) is 6.42 Å². The van der Waals surface area contributed by atoms with Crippen LogP contribution in [0.15, 0.2) is 12.7 Å². The zero-order valence-corrected chi connectivity index (χ0v) is 7.98. The Morgan fingerprint density at radius 3 is 2.79 bits per heavy atom. The first-order valence-electron chi connectivity index (χ1n) is 4.85. The van der Waals surface area contributed by atoms with E-state index in [1.54, 1.807) is 6.08 Å². The van der Waals surface area contributed by atoms with Gasteiger partial charge in [0.15, 0.2) is 6.29 Å². The minimum absolute atomic E-state index is 0.0306. The molecule has 0 aromatic carbocycles. The van der Waals surface area contributed by atoms with E-state index in [0.29, 0.717) is 26.1 Å². The van der Waals surface area contributed by atoms with Crippen LogP contribution < -0.4 is 0 Å². The summed E-state index contributed by atoms with van der Waals surface area (Å²) in [6.07, 6.45) is 2.42. The zero-order valence-electron chi connectivity index (χ0n) is 7.98. The molecule has 2 atom stereocenters. The lowest BCUT2D eigenvalue weighted by molar-refractivity contribution is -0.142. The van der Waals surface area contributed by atoms with E-state index >= 15 is 0 Å². The molecule has 0 amide bonds. The van der Waals surface area contributed by atoms with Crippen LogP contribution in [0.1, 0.15) is 12.8 Å². The van der Waals surface area contributed by atoms with E-state index < -0.39 is 0 Å². The van der Waals surface area contributed by atoms with Gasteiger partial charge in [-0.25, -0.2) is 0 Å². The second kappa shape index (κ2) is 4.11. The minimum atomic E-state index is -0.272. The van der Waals surface area contributed by atoms with Gasteiger partial charge < -0.3 is 14.2 Å². The van der Waals surface area contributed by atoms with Gasteiger partial charge in [0.05, 0.1) is 25.6 Å². The Bertz CT molecular complexity index is 232. The molecule has 2 fully saturated rings. The average Bonchev–Trinajstić information content (AvgIpc) is 2.74. The van der Waals surface area contributed by atoms with Gasteiger partial charge >= 0.3 is 5.97 Å². The molecule has 0 aromatic heterocycles. The van der Waals surface area contributed by atoms with Crippen molar-refractivity contribution in [3.8, 4) is 0 Å². The van der Waals surface area contributed by atoms with Crippen LogP contribution in [0.5, 0.6) is 0 Å². The third kappa shape index (κ3) is 1.81. The third-order valence-corrected chi connectivity index (χ3v) is 2.56. The van der Waals surface area contributed by atoms with Crippen LogP contribution in [0.3, 0.4) is 0 Å². The molecule has 2 saturated heterocycles. The lowest BCUT2D eigenvalue weighted by atomic mass is 9.98. The van der Waals surface area contributed by atoms with E-state index in [1.807, 2.05) is 0 Å². The molecule has 0 radical (unpaired) electrons. The molecule has 0 bridgehead atoms. The number of esters is 1. The highest BCUT2D eigenvalue weighted by Crippen LogP contribution is 2.31. The van der Waals surface area contributed by atoms with E-state index in [1.165, 1.54) is 0 Å². The molecule has 2 heterocycles. The average molecular weight is 198 g/mol. The lowest BCUT2D eigenvalue weighted by Gasteiger charge is -2.20. The first-order valence-corrected chi connectivity index (χ1v) is 4.85. The van der Waals surface area contributed by atoms with Crippen molar-refractivity contribution in [2.45, 2.75) is 25.2 Å². The van der Waals surface area contributed by atoms with Crippen LogP contribution in [0.2, 0.25) is 0 Å². The van der Waals surface area contributed by atoms with Gasteiger partial charge in [-0.1, -0.05) is 6.08 Å². The molecule has 0 saturated carbocycles. The summed E-state index contributed by atoms with van der Waals surface area (Å²) in [5.74, 6) is -0.135. The van der Waals surface area contributed by atoms with Crippen molar-refractivity contribution in [1.82, 2.24) is 0 Å². The Morgan fingerprint density at radius 2 is 2.14 bits per heavy atom. The normalized spacial score (nSPS) is 33.3. The van der Waals surface area contributed by atoms with Crippen molar-refractivity contribution >= 4 is 5.97 Å². The Kier molecular flexibility index (Phi) is 2.84. The van der Waals surface area contributed by atoms with E-state index in [-0.39, 0.29) is 24.3 Å². The van der Waals surface area contributed by atoms with E-state index in [4.69, 9.17) is 14.2 Å². The maximum Gasteiger partial charge on any atom is 0.306 e. The van der Waals surface area contributed by atoms with Crippen molar-refractivity contribution in [3.63, 3.8) is 0 Å². The van der Waals surface area contributed by atoms with Crippen LogP contribution in [-0.2, 0) is 19.0 Å². The molecule has 0 aliphatic carbocycles. The van der Waals surface area contributed by atoms with Gasteiger partial charge in [-0.2, -0.15) is 0 Å². The number of rotatable bonds is 3. The summed E-state index contributed by atoms with van der Waals surface area (Å²) in [5, 5.41) is 0. The summed E-state index contributed by atoms with van der Waals surface area (Å²) in [5.41, 5.74) is 0. The van der Waals surface area contributed by atoms with Crippen molar-refractivity contribution in [1.29, 1.82) is 0 Å². The molecule has 4 heteroatoms. The highest BCUT2D eigenvalue weighted by molar-refractivity contribution is 5.72. The van der Waals surface area contributed by atoms with Crippen LogP contribution in [0, 0.1) is 5.92 Å². The fourth-order valence-electron chi connectivity index (χ4n) is 1.91. The summed E-state index contributed by atoms with van der Waals surface area (Å²) in [7, 11) is 0. The number of cyclic esters (lactones) is 1. The quantitative estimate of drug-likeness (QED) is 0.498. The predicted octanol–water partition coefficient (Wildman–Crippen LogP) is 0.867. The SMILES string of the molecule is C=CC[C@H]1OC(=O)C[C@@H]1C1OCCO1. The second-order valence-electron chi connectivity index (χ2n) is 3.53. The van der Waals surface area contributed by atoms with Gasteiger partial charge in [0.25, 0.3) is 0 Å². The highest BCUT2D eigenvalue weighted by Gasteiger charge is 2.41. The fraction of sp³-hybridized carbons (Fsp3) is 0.700. The zero-order chi connectivity index (χ0) is 9.97. The smallest absolute Gasteiger partial charge is 0.306 e. The van der Waals surface area contributed by atoms with Gasteiger partial charge in [-0.15, -0.1) is 6.58 Å². The first-order chi connectivity index (χ1) is 6.81. The van der Waals surface area contributed by atoms with Crippen molar-refractivity contribution in [2.75, 3.05) is 13.2 Å². The summed E-state index contributed by atoms with van der Waals surface area (Å²) in [4.78, 5) is 11.1. The molecule has 78 valence electrons. The van der Waals surface area contributed by atoms with Gasteiger partial charge in [-0.3, -0.25) is 4.79 Å². The second-order valence-corrected chi connectivity index (χ2v) is 3.53. The number of hydrogen-bond acceptors (Lipinski definition) is 4. The largest absolute Gasteiger partial charge is 0.462 e. The van der Waals surface area contributed by atoms with E-state index in [2.05, 4.69) is 6.58 Å². The Hall–Kier alpha value is -0.870. The molecular weight excluding hydrogens is 184 g/mol. The van der Waals surface area contributed by atoms with E-state index in [0.717, 1.165) is 0 Å². The topological polar surface area (TPSA) is 44.8 Å². The van der Waals surface area contributed by atoms with E-state index in [9.17, 15) is 4.79 Å². The minimum Gasteiger partial charge on any atom is -0.462 e. The monoisotopic (exact) mass is 198 g/mol. The number of hydrogen-bond donors (Lipinski definition) is 0. The lowest BCUT2D eigenvalue weighted by Crippen LogP contribution is -2.28. The van der Waals surface area contributed by atoms with Gasteiger partial charge in [-0.05, 0) is 0 Å². The van der Waals surface area contributed by atoms with Crippen LogP contribution in [0.4, 0.5) is 0 Å². The molecular formula is C10H14O4. The molecule has 0 spiro atoms. The van der Waals surface area contributed by atoms with Gasteiger partial charge in [0.1, 0.15) is 6.10 Å². The summed E-state index contributed by atoms with van der Waals surface area (Å²) in [6, 6.07) is 0. The Labute approximate surface area is 82.8 Å². The molecule has 14 heavy (non-hydrogen) atoms. The molecule has 0 N–H and O–H groups in total. The Balaban J connectivity index is 2.00. The molecule has 4 nitrogen and oxygen atoms in total. The summed E-state index contributed by atoms with van der Waals surface area (Å²) >= 11 is 0. The highest BCUT2D eigenvalue weighted by atomic mass is 16.7. The number of ether oxygens (including phenoxy) is 3. The molecule has 2 aliphatic rings. The number of carbonyl (C=O) groups excluding carboxylic acids is 1. The first kappa shape index (κ1) is 9.68. The third-order valence-electron chi connectivity index (χ3n) is 2.56. The molecule has 2 rings (SSSR count).